The van der Waals surface area contributed by atoms with Crippen LogP contribution in [0.5, 0.6) is 5.75 Å². The number of hydrogen-bond donors (Lipinski definition) is 5. The van der Waals surface area contributed by atoms with E-state index in [1.54, 1.807) is 7.11 Å². The summed E-state index contributed by atoms with van der Waals surface area (Å²) in [4.78, 5) is 15.5. The van der Waals surface area contributed by atoms with E-state index in [0.717, 1.165) is 73.8 Å². The van der Waals surface area contributed by atoms with Crippen LogP contribution in [-0.4, -0.2) is 58.2 Å². The van der Waals surface area contributed by atoms with Crippen LogP contribution < -0.4 is 15.8 Å². The molecule has 2 aromatic rings. The number of hydrogen-bond acceptors (Lipinski definition) is 7. The van der Waals surface area contributed by atoms with Crippen LogP contribution in [0.2, 0.25) is 0 Å². The van der Waals surface area contributed by atoms with Gasteiger partial charge in [-0.2, -0.15) is 0 Å². The van der Waals surface area contributed by atoms with Crippen molar-refractivity contribution in [2.24, 2.45) is 52.1 Å². The molecule has 0 spiro atoms. The highest BCUT2D eigenvalue weighted by Crippen LogP contribution is 2.68. The average Bonchev–Trinajstić information content (AvgIpc) is 3.40. The van der Waals surface area contributed by atoms with Gasteiger partial charge in [-0.3, -0.25) is 9.78 Å². The summed E-state index contributed by atoms with van der Waals surface area (Å²) < 4.78 is 5.34. The Morgan fingerprint density at radius 3 is 2.53 bits per heavy atom. The van der Waals surface area contributed by atoms with Crippen LogP contribution in [0, 0.1) is 46.3 Å². The number of ether oxygens (including phenoxy) is 1. The number of aliphatic carboxylic acids is 1. The van der Waals surface area contributed by atoms with Crippen molar-refractivity contribution >= 4 is 22.6 Å². The molecule has 4 fully saturated rings. The number of methoxy groups -OCH3 is 1. The standard InChI is InChI=1S/C24H40O4.C15H21N3O/c1-14(4-7-21(27)28)17-5-6-18-22-19(9-11-24(17,18)3)23(2)10-8-16(25)12-15(23)13-20(22)26;1-11(5-3-7-16)18-14-10-13(19-2)9-12-6-4-8-17-15(12)14/h14-20,22,25-26H,4-13H2,1-3H3,(H,27,28);4,6,8-11,18H,3,5,7,16H2,1-2H3/t14-,15+,16-,17-,18+,19+,20-,22+,23+,24-;/m1./s1. The first kappa shape index (κ1) is 35.9. The van der Waals surface area contributed by atoms with Crippen molar-refractivity contribution in [2.75, 3.05) is 19.0 Å². The maximum absolute atomic E-state index is 11.2. The number of anilines is 1. The molecule has 8 nitrogen and oxygen atoms in total. The molecule has 0 bridgehead atoms. The van der Waals surface area contributed by atoms with Crippen LogP contribution in [-0.2, 0) is 4.79 Å². The Morgan fingerprint density at radius 1 is 1.06 bits per heavy atom. The number of fused-ring (bicyclic) bond motifs is 6. The van der Waals surface area contributed by atoms with Crippen LogP contribution in [0.4, 0.5) is 5.69 Å². The van der Waals surface area contributed by atoms with Crippen molar-refractivity contribution in [3.05, 3.63) is 30.5 Å². The minimum Gasteiger partial charge on any atom is -0.497 e. The Hall–Kier alpha value is -2.42. The van der Waals surface area contributed by atoms with Gasteiger partial charge in [0, 0.05) is 30.1 Å². The number of carboxylic acid groups (broad SMARTS) is 1. The molecule has 1 aromatic carbocycles. The van der Waals surface area contributed by atoms with Gasteiger partial charge in [0.25, 0.3) is 0 Å². The van der Waals surface area contributed by atoms with Crippen LogP contribution in [0.25, 0.3) is 10.9 Å². The van der Waals surface area contributed by atoms with E-state index < -0.39 is 5.97 Å². The van der Waals surface area contributed by atoms with E-state index in [4.69, 9.17) is 15.6 Å². The maximum atomic E-state index is 11.2. The lowest BCUT2D eigenvalue weighted by molar-refractivity contribution is -0.174. The van der Waals surface area contributed by atoms with Gasteiger partial charge in [-0.05, 0) is 143 Å². The van der Waals surface area contributed by atoms with E-state index in [1.807, 2.05) is 30.5 Å². The minimum absolute atomic E-state index is 0.179. The van der Waals surface area contributed by atoms with E-state index in [0.29, 0.717) is 41.5 Å². The van der Waals surface area contributed by atoms with E-state index in [2.05, 4.69) is 38.0 Å². The Balaban J connectivity index is 0.000000199. The molecule has 6 N–H and O–H groups in total. The maximum Gasteiger partial charge on any atom is 0.303 e. The smallest absolute Gasteiger partial charge is 0.303 e. The Morgan fingerprint density at radius 2 is 1.81 bits per heavy atom. The molecule has 4 saturated carbocycles. The summed E-state index contributed by atoms with van der Waals surface area (Å²) >= 11 is 0. The van der Waals surface area contributed by atoms with E-state index in [9.17, 15) is 15.0 Å². The number of aliphatic hydroxyl groups is 2. The molecule has 0 radical (unpaired) electrons. The molecule has 8 heteroatoms. The van der Waals surface area contributed by atoms with Gasteiger partial charge in [-0.1, -0.05) is 26.8 Å². The first-order valence-electron chi connectivity index (χ1n) is 18.4. The molecule has 1 aromatic heterocycles. The zero-order chi connectivity index (χ0) is 33.9. The number of nitrogens with two attached hydrogens (primary N) is 1. The number of aromatic nitrogens is 1. The predicted molar refractivity (Wildman–Crippen MR) is 188 cm³/mol. The van der Waals surface area contributed by atoms with E-state index >= 15 is 0 Å². The quantitative estimate of drug-likeness (QED) is 0.181. The highest BCUT2D eigenvalue weighted by Gasteiger charge is 2.62. The molecule has 47 heavy (non-hydrogen) atoms. The third kappa shape index (κ3) is 7.45. The van der Waals surface area contributed by atoms with Gasteiger partial charge in [0.05, 0.1) is 30.5 Å². The largest absolute Gasteiger partial charge is 0.497 e. The van der Waals surface area contributed by atoms with Crippen molar-refractivity contribution in [3.63, 3.8) is 0 Å². The van der Waals surface area contributed by atoms with Gasteiger partial charge in [0.1, 0.15) is 5.75 Å². The fraction of sp³-hybridized carbons (Fsp3) is 0.744. The summed E-state index contributed by atoms with van der Waals surface area (Å²) in [6, 6.07) is 8.33. The lowest BCUT2D eigenvalue weighted by Crippen LogP contribution is -2.58. The number of benzene rings is 1. The van der Waals surface area contributed by atoms with Crippen molar-refractivity contribution in [1.29, 1.82) is 0 Å². The van der Waals surface area contributed by atoms with E-state index in [1.165, 1.54) is 25.7 Å². The highest BCUT2D eigenvalue weighted by molar-refractivity contribution is 5.91. The number of carbonyl (C=O) groups is 1. The fourth-order valence-electron chi connectivity index (χ4n) is 10.9. The lowest BCUT2D eigenvalue weighted by Gasteiger charge is -2.62. The van der Waals surface area contributed by atoms with Gasteiger partial charge in [0.15, 0.2) is 0 Å². The van der Waals surface area contributed by atoms with Gasteiger partial charge in [0.2, 0.25) is 0 Å². The lowest BCUT2D eigenvalue weighted by atomic mass is 9.43. The summed E-state index contributed by atoms with van der Waals surface area (Å²) in [5.41, 5.74) is 8.06. The molecule has 4 aliphatic rings. The third-order valence-corrected chi connectivity index (χ3v) is 13.4. The number of rotatable bonds is 10. The van der Waals surface area contributed by atoms with E-state index in [-0.39, 0.29) is 29.5 Å². The van der Waals surface area contributed by atoms with Crippen LogP contribution in [0.1, 0.15) is 105 Å². The zero-order valence-electron chi connectivity index (χ0n) is 29.5. The molecule has 1 unspecified atom stereocenters. The second-order valence-electron chi connectivity index (χ2n) is 16.1. The molecule has 6 rings (SSSR count). The van der Waals surface area contributed by atoms with Crippen molar-refractivity contribution in [2.45, 2.75) is 123 Å². The summed E-state index contributed by atoms with van der Waals surface area (Å²) in [5, 5.41) is 35.1. The van der Waals surface area contributed by atoms with Crippen molar-refractivity contribution in [3.8, 4) is 5.75 Å². The van der Waals surface area contributed by atoms with Gasteiger partial charge in [-0.25, -0.2) is 0 Å². The summed E-state index contributed by atoms with van der Waals surface area (Å²) in [6.07, 6.45) is 13.1. The van der Waals surface area contributed by atoms with Gasteiger partial charge >= 0.3 is 5.97 Å². The Bertz CT molecular complexity index is 1360. The molecule has 0 amide bonds. The van der Waals surface area contributed by atoms with Crippen LogP contribution in [0.3, 0.4) is 0 Å². The molecular weight excluding hydrogens is 590 g/mol. The second-order valence-corrected chi connectivity index (χ2v) is 16.1. The highest BCUT2D eigenvalue weighted by atomic mass is 16.5. The number of aliphatic hydroxyl groups excluding tert-OH is 2. The summed E-state index contributed by atoms with van der Waals surface area (Å²) in [7, 11) is 1.68. The molecule has 0 saturated heterocycles. The van der Waals surface area contributed by atoms with Crippen molar-refractivity contribution in [1.82, 2.24) is 4.98 Å². The minimum atomic E-state index is -0.684. The SMILES string of the molecule is COc1cc(NC(C)CCCN)c2ncccc2c1.C[C@H](CCC(=O)O)[C@H]1CC[C@H]2[C@@H]3[C@H](O)C[C@@H]4C[C@H](O)CC[C@]4(C)[C@H]3CC[C@]12C. The molecule has 4 aliphatic carbocycles. The number of pyridine rings is 1. The first-order chi connectivity index (χ1) is 22.4. The van der Waals surface area contributed by atoms with Crippen LogP contribution in [0.15, 0.2) is 30.5 Å². The Labute approximate surface area is 282 Å². The molecule has 262 valence electrons. The fourth-order valence-corrected chi connectivity index (χ4v) is 10.9. The predicted octanol–water partition coefficient (Wildman–Crippen LogP) is 7.26. The molecule has 1 heterocycles. The summed E-state index contributed by atoms with van der Waals surface area (Å²) in [5.74, 6) is 3.20. The second kappa shape index (κ2) is 15.0. The number of carboxylic acids is 1. The molecular formula is C39H61N3O5. The van der Waals surface area contributed by atoms with Crippen molar-refractivity contribution < 1.29 is 24.9 Å². The van der Waals surface area contributed by atoms with Crippen LogP contribution >= 0.6 is 0 Å². The Kier molecular flexibility index (Phi) is 11.4. The normalized spacial score (nSPS) is 35.8. The zero-order valence-corrected chi connectivity index (χ0v) is 29.5. The third-order valence-electron chi connectivity index (χ3n) is 13.4. The van der Waals surface area contributed by atoms with Gasteiger partial charge < -0.3 is 31.1 Å². The monoisotopic (exact) mass is 651 g/mol. The average molecular weight is 652 g/mol. The van der Waals surface area contributed by atoms with Gasteiger partial charge in [-0.15, -0.1) is 0 Å². The first-order valence-corrected chi connectivity index (χ1v) is 18.4. The molecule has 0 aliphatic heterocycles. The number of nitrogens with one attached hydrogen (secondary N) is 1. The topological polar surface area (TPSA) is 138 Å². The summed E-state index contributed by atoms with van der Waals surface area (Å²) in [6.45, 7) is 10.0. The molecule has 11 atom stereocenters. The number of nitrogens with zero attached hydrogens (tertiary/aromatic N) is 1.